The van der Waals surface area contributed by atoms with E-state index >= 15 is 0 Å². The number of Topliss-reactive ketones (excluding diaryl/α,β-unsaturated/α-hetero) is 1. The predicted molar refractivity (Wildman–Crippen MR) is 89.1 cm³/mol. The van der Waals surface area contributed by atoms with Crippen molar-refractivity contribution in [2.45, 2.75) is 26.7 Å². The van der Waals surface area contributed by atoms with Crippen LogP contribution in [0.3, 0.4) is 0 Å². The Morgan fingerprint density at radius 2 is 1.81 bits per heavy atom. The van der Waals surface area contributed by atoms with Crippen molar-refractivity contribution < 1.29 is 9.53 Å². The molecule has 0 amide bonds. The predicted octanol–water partition coefficient (Wildman–Crippen LogP) is 5.11. The Balaban J connectivity index is 1.80. The van der Waals surface area contributed by atoms with Crippen LogP contribution in [0.15, 0.2) is 46.9 Å². The molecule has 0 saturated carbocycles. The van der Waals surface area contributed by atoms with E-state index in [1.54, 1.807) is 0 Å². The minimum atomic E-state index is 0.159. The minimum absolute atomic E-state index is 0.159. The van der Waals surface area contributed by atoms with E-state index in [0.29, 0.717) is 13.0 Å². The maximum atomic E-state index is 12.0. The number of ether oxygens (including phenoxy) is 1. The fourth-order valence-corrected chi connectivity index (χ4v) is 2.32. The molecule has 0 fully saturated rings. The average molecular weight is 347 g/mol. The first-order valence-electron chi connectivity index (χ1n) is 7.05. The van der Waals surface area contributed by atoms with Crippen molar-refractivity contribution >= 4 is 21.7 Å². The van der Waals surface area contributed by atoms with E-state index in [2.05, 4.69) is 28.1 Å². The van der Waals surface area contributed by atoms with Crippen LogP contribution in [0.2, 0.25) is 0 Å². The zero-order valence-corrected chi connectivity index (χ0v) is 13.9. The lowest BCUT2D eigenvalue weighted by atomic mass is 10.1. The van der Waals surface area contributed by atoms with Crippen molar-refractivity contribution in [2.75, 3.05) is 6.61 Å². The van der Waals surface area contributed by atoms with Gasteiger partial charge in [0.2, 0.25) is 0 Å². The molecule has 0 N–H and O–H groups in total. The SMILES string of the molecule is Cc1ccc(C)c(OCCCC(=O)c2ccc(Br)cc2)c1. The first-order chi connectivity index (χ1) is 10.1. The molecule has 0 radical (unpaired) electrons. The van der Waals surface area contributed by atoms with Gasteiger partial charge in [-0.25, -0.2) is 0 Å². The van der Waals surface area contributed by atoms with E-state index in [1.165, 1.54) is 5.56 Å². The molecule has 3 heteroatoms. The first-order valence-corrected chi connectivity index (χ1v) is 7.84. The van der Waals surface area contributed by atoms with Gasteiger partial charge in [-0.15, -0.1) is 0 Å². The van der Waals surface area contributed by atoms with Crippen LogP contribution in [0.1, 0.15) is 34.3 Å². The zero-order chi connectivity index (χ0) is 15.2. The molecular formula is C18H19BrO2. The van der Waals surface area contributed by atoms with Gasteiger partial charge in [-0.2, -0.15) is 0 Å². The molecule has 0 bridgehead atoms. The summed E-state index contributed by atoms with van der Waals surface area (Å²) in [6, 6.07) is 13.6. The Kier molecular flexibility index (Phi) is 5.57. The van der Waals surface area contributed by atoms with Crippen molar-refractivity contribution in [3.05, 3.63) is 63.6 Å². The second-order valence-electron chi connectivity index (χ2n) is 5.15. The fourth-order valence-electron chi connectivity index (χ4n) is 2.06. The van der Waals surface area contributed by atoms with Crippen LogP contribution < -0.4 is 4.74 Å². The van der Waals surface area contributed by atoms with Crippen LogP contribution in [-0.2, 0) is 0 Å². The molecule has 0 atom stereocenters. The highest BCUT2D eigenvalue weighted by Crippen LogP contribution is 2.19. The van der Waals surface area contributed by atoms with Crippen LogP contribution in [-0.4, -0.2) is 12.4 Å². The number of halogens is 1. The molecular weight excluding hydrogens is 328 g/mol. The molecule has 0 aliphatic heterocycles. The van der Waals surface area contributed by atoms with Gasteiger partial charge in [-0.3, -0.25) is 4.79 Å². The molecule has 0 aliphatic rings. The second-order valence-corrected chi connectivity index (χ2v) is 6.07. The molecule has 110 valence electrons. The van der Waals surface area contributed by atoms with Crippen LogP contribution in [0.5, 0.6) is 5.75 Å². The first kappa shape index (κ1) is 15.8. The fraction of sp³-hybridized carbons (Fsp3) is 0.278. The van der Waals surface area contributed by atoms with E-state index in [4.69, 9.17) is 4.74 Å². The molecule has 0 aliphatic carbocycles. The quantitative estimate of drug-likeness (QED) is 0.536. The maximum absolute atomic E-state index is 12.0. The topological polar surface area (TPSA) is 26.3 Å². The van der Waals surface area contributed by atoms with Crippen molar-refractivity contribution in [2.24, 2.45) is 0 Å². The number of carbonyl (C=O) groups excluding carboxylic acids is 1. The minimum Gasteiger partial charge on any atom is -0.493 e. The number of aryl methyl sites for hydroxylation is 2. The Bertz CT molecular complexity index is 618. The molecule has 2 aromatic rings. The summed E-state index contributed by atoms with van der Waals surface area (Å²) in [5, 5.41) is 0. The van der Waals surface area contributed by atoms with Crippen LogP contribution in [0.25, 0.3) is 0 Å². The van der Waals surface area contributed by atoms with Crippen LogP contribution >= 0.6 is 15.9 Å². The van der Waals surface area contributed by atoms with E-state index in [9.17, 15) is 4.79 Å². The molecule has 0 spiro atoms. The molecule has 0 saturated heterocycles. The Hall–Kier alpha value is -1.61. The molecule has 0 unspecified atom stereocenters. The largest absolute Gasteiger partial charge is 0.493 e. The van der Waals surface area contributed by atoms with Gasteiger partial charge < -0.3 is 4.74 Å². The average Bonchev–Trinajstić information content (AvgIpc) is 2.47. The summed E-state index contributed by atoms with van der Waals surface area (Å²) in [4.78, 5) is 12.0. The molecule has 0 heterocycles. The summed E-state index contributed by atoms with van der Waals surface area (Å²) in [7, 11) is 0. The summed E-state index contributed by atoms with van der Waals surface area (Å²) in [5.41, 5.74) is 3.06. The lowest BCUT2D eigenvalue weighted by Crippen LogP contribution is -2.04. The van der Waals surface area contributed by atoms with E-state index in [-0.39, 0.29) is 5.78 Å². The van der Waals surface area contributed by atoms with E-state index in [0.717, 1.165) is 27.8 Å². The number of carbonyl (C=O) groups is 1. The van der Waals surface area contributed by atoms with Gasteiger partial charge in [-0.05, 0) is 49.6 Å². The maximum Gasteiger partial charge on any atom is 0.163 e. The number of hydrogen-bond acceptors (Lipinski definition) is 2. The highest BCUT2D eigenvalue weighted by Gasteiger charge is 2.06. The van der Waals surface area contributed by atoms with Crippen molar-refractivity contribution in [3.8, 4) is 5.75 Å². The summed E-state index contributed by atoms with van der Waals surface area (Å²) < 4.78 is 6.75. The molecule has 2 aromatic carbocycles. The smallest absolute Gasteiger partial charge is 0.163 e. The third-order valence-corrected chi connectivity index (χ3v) is 3.84. The molecule has 2 rings (SSSR count). The standard InChI is InChI=1S/C18H19BrO2/c1-13-5-6-14(2)18(12-13)21-11-3-4-17(20)15-7-9-16(19)10-8-15/h5-10,12H,3-4,11H2,1-2H3. The third-order valence-electron chi connectivity index (χ3n) is 3.32. The summed E-state index contributed by atoms with van der Waals surface area (Å²) in [5.74, 6) is 1.07. The van der Waals surface area contributed by atoms with Crippen LogP contribution in [0.4, 0.5) is 0 Å². The zero-order valence-electron chi connectivity index (χ0n) is 12.4. The number of benzene rings is 2. The van der Waals surface area contributed by atoms with Gasteiger partial charge in [0.05, 0.1) is 6.61 Å². The van der Waals surface area contributed by atoms with Gasteiger partial charge in [0.1, 0.15) is 5.75 Å². The lowest BCUT2D eigenvalue weighted by Gasteiger charge is -2.09. The number of rotatable bonds is 6. The van der Waals surface area contributed by atoms with Crippen molar-refractivity contribution in [3.63, 3.8) is 0 Å². The summed E-state index contributed by atoms with van der Waals surface area (Å²) >= 11 is 3.37. The monoisotopic (exact) mass is 346 g/mol. The van der Waals surface area contributed by atoms with Crippen molar-refractivity contribution in [1.82, 2.24) is 0 Å². The van der Waals surface area contributed by atoms with Gasteiger partial charge in [0, 0.05) is 16.5 Å². The molecule has 2 nitrogen and oxygen atoms in total. The number of hydrogen-bond donors (Lipinski definition) is 0. The molecule has 0 aromatic heterocycles. The summed E-state index contributed by atoms with van der Waals surface area (Å²) in [6.07, 6.45) is 1.23. The highest BCUT2D eigenvalue weighted by molar-refractivity contribution is 9.10. The normalized spacial score (nSPS) is 10.4. The Morgan fingerprint density at radius 1 is 1.10 bits per heavy atom. The van der Waals surface area contributed by atoms with Crippen LogP contribution in [0, 0.1) is 13.8 Å². The second kappa shape index (κ2) is 7.41. The van der Waals surface area contributed by atoms with Gasteiger partial charge >= 0.3 is 0 Å². The summed E-state index contributed by atoms with van der Waals surface area (Å²) in [6.45, 7) is 4.64. The van der Waals surface area contributed by atoms with Gasteiger partial charge in [-0.1, -0.05) is 40.2 Å². The van der Waals surface area contributed by atoms with Crippen molar-refractivity contribution in [1.29, 1.82) is 0 Å². The molecule has 21 heavy (non-hydrogen) atoms. The Labute approximate surface area is 134 Å². The highest BCUT2D eigenvalue weighted by atomic mass is 79.9. The third kappa shape index (κ3) is 4.71. The lowest BCUT2D eigenvalue weighted by molar-refractivity contribution is 0.0973. The Morgan fingerprint density at radius 3 is 2.52 bits per heavy atom. The number of ketones is 1. The van der Waals surface area contributed by atoms with Gasteiger partial charge in [0.15, 0.2) is 5.78 Å². The van der Waals surface area contributed by atoms with E-state index in [1.807, 2.05) is 44.2 Å². The van der Waals surface area contributed by atoms with Gasteiger partial charge in [0.25, 0.3) is 0 Å². The van der Waals surface area contributed by atoms with E-state index < -0.39 is 0 Å².